The molecule has 2 rings (SSSR count). The number of halogens is 1. The fraction of sp³-hybridized carbons (Fsp3) is 0.222. The van der Waals surface area contributed by atoms with E-state index in [9.17, 15) is 9.59 Å². The Morgan fingerprint density at radius 2 is 1.84 bits per heavy atom. The molecular weight excluding hydrogens is 390 g/mol. The molecule has 0 aliphatic carbocycles. The third-order valence-electron chi connectivity index (χ3n) is 3.19. The molecule has 0 fully saturated rings. The molecule has 0 bridgehead atoms. The molecule has 0 heterocycles. The summed E-state index contributed by atoms with van der Waals surface area (Å²) in [6, 6.07) is 13.9. The van der Waals surface area contributed by atoms with E-state index in [4.69, 9.17) is 14.2 Å². The van der Waals surface area contributed by atoms with E-state index in [2.05, 4.69) is 21.2 Å². The molecule has 6 nitrogen and oxygen atoms in total. The van der Waals surface area contributed by atoms with Crippen LogP contribution in [-0.2, 0) is 14.3 Å². The summed E-state index contributed by atoms with van der Waals surface area (Å²) in [5.41, 5.74) is 0.554. The zero-order valence-corrected chi connectivity index (χ0v) is 15.4. The molecule has 0 unspecified atom stereocenters. The first-order valence-electron chi connectivity index (χ1n) is 7.50. The molecule has 2 aromatic carbocycles. The lowest BCUT2D eigenvalue weighted by Gasteiger charge is -2.14. The van der Waals surface area contributed by atoms with Crippen molar-refractivity contribution < 1.29 is 23.8 Å². The van der Waals surface area contributed by atoms with Gasteiger partial charge in [-0.3, -0.25) is 4.79 Å². The molecular formula is C18H18BrNO5. The second kappa shape index (κ2) is 9.08. The van der Waals surface area contributed by atoms with E-state index in [1.165, 1.54) is 14.0 Å². The van der Waals surface area contributed by atoms with E-state index in [1.54, 1.807) is 48.5 Å². The largest absolute Gasteiger partial charge is 0.497 e. The Bertz CT molecular complexity index is 733. The normalized spacial score (nSPS) is 11.3. The summed E-state index contributed by atoms with van der Waals surface area (Å²) in [5.74, 6) is 0.0837. The second-order valence-corrected chi connectivity index (χ2v) is 6.01. The van der Waals surface area contributed by atoms with Gasteiger partial charge in [-0.25, -0.2) is 4.79 Å². The molecule has 0 radical (unpaired) electrons. The second-order valence-electron chi connectivity index (χ2n) is 5.10. The van der Waals surface area contributed by atoms with Gasteiger partial charge in [0.25, 0.3) is 5.91 Å². The average molecular weight is 408 g/mol. The predicted octanol–water partition coefficient (Wildman–Crippen LogP) is 3.41. The van der Waals surface area contributed by atoms with Crippen molar-refractivity contribution in [2.24, 2.45) is 0 Å². The van der Waals surface area contributed by atoms with Gasteiger partial charge < -0.3 is 19.5 Å². The van der Waals surface area contributed by atoms with Crippen LogP contribution in [0.25, 0.3) is 0 Å². The number of methoxy groups -OCH3 is 1. The van der Waals surface area contributed by atoms with E-state index >= 15 is 0 Å². The highest BCUT2D eigenvalue weighted by molar-refractivity contribution is 9.10. The van der Waals surface area contributed by atoms with Gasteiger partial charge in [0.15, 0.2) is 12.7 Å². The molecule has 0 saturated heterocycles. The summed E-state index contributed by atoms with van der Waals surface area (Å²) in [5, 5.41) is 2.66. The van der Waals surface area contributed by atoms with Crippen LogP contribution in [0.4, 0.5) is 5.69 Å². The number of benzene rings is 2. The molecule has 1 atom stereocenters. The van der Waals surface area contributed by atoms with Crippen LogP contribution in [0.2, 0.25) is 0 Å². The van der Waals surface area contributed by atoms with Gasteiger partial charge in [0, 0.05) is 16.2 Å². The lowest BCUT2D eigenvalue weighted by molar-refractivity contribution is -0.155. The molecule has 1 amide bonds. The minimum absolute atomic E-state index is 0.279. The van der Waals surface area contributed by atoms with Crippen LogP contribution in [0.5, 0.6) is 11.5 Å². The minimum atomic E-state index is -0.952. The lowest BCUT2D eigenvalue weighted by atomic mass is 10.3. The zero-order valence-electron chi connectivity index (χ0n) is 13.8. The lowest BCUT2D eigenvalue weighted by Crippen LogP contribution is -2.31. The summed E-state index contributed by atoms with van der Waals surface area (Å²) in [4.78, 5) is 23.9. The van der Waals surface area contributed by atoms with Crippen LogP contribution < -0.4 is 14.8 Å². The van der Waals surface area contributed by atoms with E-state index in [0.29, 0.717) is 17.2 Å². The highest BCUT2D eigenvalue weighted by Gasteiger charge is 2.18. The molecule has 132 valence electrons. The number of carbonyl (C=O) groups excluding carboxylic acids is 2. The van der Waals surface area contributed by atoms with Gasteiger partial charge in [0.05, 0.1) is 7.11 Å². The molecule has 1 N–H and O–H groups in total. The third-order valence-corrected chi connectivity index (χ3v) is 3.71. The maximum atomic E-state index is 12.1. The highest BCUT2D eigenvalue weighted by Crippen LogP contribution is 2.17. The number of carbonyl (C=O) groups is 2. The topological polar surface area (TPSA) is 73.9 Å². The van der Waals surface area contributed by atoms with E-state index in [1.807, 2.05) is 0 Å². The number of anilines is 1. The van der Waals surface area contributed by atoms with Crippen molar-refractivity contribution in [1.29, 1.82) is 0 Å². The summed E-state index contributed by atoms with van der Waals surface area (Å²) >= 11 is 3.31. The van der Waals surface area contributed by atoms with E-state index in [0.717, 1.165) is 4.47 Å². The minimum Gasteiger partial charge on any atom is -0.497 e. The summed E-state index contributed by atoms with van der Waals surface area (Å²) in [6.07, 6.45) is -0.952. The molecule has 25 heavy (non-hydrogen) atoms. The Kier molecular flexibility index (Phi) is 6.82. The molecule has 7 heteroatoms. The van der Waals surface area contributed by atoms with Crippen LogP contribution in [0, 0.1) is 0 Å². The van der Waals surface area contributed by atoms with Crippen molar-refractivity contribution in [3.05, 3.63) is 53.0 Å². The predicted molar refractivity (Wildman–Crippen MR) is 96.8 cm³/mol. The van der Waals surface area contributed by atoms with Crippen LogP contribution >= 0.6 is 15.9 Å². The average Bonchev–Trinajstić information content (AvgIpc) is 2.61. The summed E-state index contributed by atoms with van der Waals surface area (Å²) < 4.78 is 16.4. The Hall–Kier alpha value is -2.54. The standard InChI is InChI=1S/C18H18BrNO5/c1-12(18(22)20-14-4-3-5-16(10-14)23-2)25-17(21)11-24-15-8-6-13(19)7-9-15/h3-10,12H,11H2,1-2H3,(H,20,22)/t12-/m0/s1. The maximum absolute atomic E-state index is 12.1. The Morgan fingerprint density at radius 1 is 1.12 bits per heavy atom. The number of esters is 1. The number of ether oxygens (including phenoxy) is 3. The van der Waals surface area contributed by atoms with Crippen molar-refractivity contribution >= 4 is 33.5 Å². The monoisotopic (exact) mass is 407 g/mol. The number of hydrogen-bond donors (Lipinski definition) is 1. The SMILES string of the molecule is COc1cccc(NC(=O)[C@H](C)OC(=O)COc2ccc(Br)cc2)c1. The van der Waals surface area contributed by atoms with Gasteiger partial charge in [-0.2, -0.15) is 0 Å². The Morgan fingerprint density at radius 3 is 2.52 bits per heavy atom. The van der Waals surface area contributed by atoms with Crippen LogP contribution in [0.1, 0.15) is 6.92 Å². The van der Waals surface area contributed by atoms with Gasteiger partial charge in [0.1, 0.15) is 11.5 Å². The van der Waals surface area contributed by atoms with Crippen molar-refractivity contribution in [3.63, 3.8) is 0 Å². The van der Waals surface area contributed by atoms with Crippen molar-refractivity contribution in [2.45, 2.75) is 13.0 Å². The maximum Gasteiger partial charge on any atom is 0.344 e. The first-order chi connectivity index (χ1) is 12.0. The molecule has 0 aromatic heterocycles. The van der Waals surface area contributed by atoms with E-state index < -0.39 is 18.0 Å². The fourth-order valence-electron chi connectivity index (χ4n) is 1.90. The van der Waals surface area contributed by atoms with Gasteiger partial charge in [-0.15, -0.1) is 0 Å². The number of nitrogens with one attached hydrogen (secondary N) is 1. The van der Waals surface area contributed by atoms with Crippen molar-refractivity contribution in [1.82, 2.24) is 0 Å². The Labute approximate surface area is 154 Å². The number of rotatable bonds is 7. The fourth-order valence-corrected chi connectivity index (χ4v) is 2.17. The van der Waals surface area contributed by atoms with Crippen LogP contribution in [0.15, 0.2) is 53.0 Å². The number of amides is 1. The Balaban J connectivity index is 1.81. The third kappa shape index (κ3) is 6.11. The van der Waals surface area contributed by atoms with Gasteiger partial charge in [-0.1, -0.05) is 22.0 Å². The molecule has 0 aliphatic rings. The van der Waals surface area contributed by atoms with Crippen LogP contribution in [-0.4, -0.2) is 31.7 Å². The first-order valence-corrected chi connectivity index (χ1v) is 8.30. The molecule has 0 spiro atoms. The van der Waals surface area contributed by atoms with Gasteiger partial charge >= 0.3 is 5.97 Å². The van der Waals surface area contributed by atoms with Crippen LogP contribution in [0.3, 0.4) is 0 Å². The number of hydrogen-bond acceptors (Lipinski definition) is 5. The first kappa shape index (κ1) is 18.8. The summed E-state index contributed by atoms with van der Waals surface area (Å²) in [6.45, 7) is 1.21. The molecule has 0 aliphatic heterocycles. The van der Waals surface area contributed by atoms with Gasteiger partial charge in [0.2, 0.25) is 0 Å². The van der Waals surface area contributed by atoms with Gasteiger partial charge in [-0.05, 0) is 43.3 Å². The quantitative estimate of drug-likeness (QED) is 0.711. The molecule has 2 aromatic rings. The highest BCUT2D eigenvalue weighted by atomic mass is 79.9. The summed E-state index contributed by atoms with van der Waals surface area (Å²) in [7, 11) is 1.54. The molecule has 0 saturated carbocycles. The zero-order chi connectivity index (χ0) is 18.2. The smallest absolute Gasteiger partial charge is 0.344 e. The van der Waals surface area contributed by atoms with E-state index in [-0.39, 0.29) is 6.61 Å². The van der Waals surface area contributed by atoms with Crippen molar-refractivity contribution in [3.8, 4) is 11.5 Å². The van der Waals surface area contributed by atoms with Crippen molar-refractivity contribution in [2.75, 3.05) is 19.0 Å².